The number of amides is 1. The fraction of sp³-hybridized carbons (Fsp3) is 0.417. The number of carbonyl (C=O) groups excluding carboxylic acids is 1. The van der Waals surface area contributed by atoms with Crippen molar-refractivity contribution in [2.75, 3.05) is 11.1 Å². The fourth-order valence-corrected chi connectivity index (χ4v) is 1.98. The average Bonchev–Trinajstić information content (AvgIpc) is 2.87. The number of carbonyl (C=O) groups is 1. The average molecular weight is 262 g/mol. The van der Waals surface area contributed by atoms with Gasteiger partial charge in [-0.2, -0.15) is 10.2 Å². The van der Waals surface area contributed by atoms with Crippen molar-refractivity contribution in [2.24, 2.45) is 0 Å². The molecule has 102 valence electrons. The number of rotatable bonds is 3. The van der Waals surface area contributed by atoms with E-state index in [-0.39, 0.29) is 17.8 Å². The summed E-state index contributed by atoms with van der Waals surface area (Å²) < 4.78 is 1.88. The first-order valence-corrected chi connectivity index (χ1v) is 6.08. The molecule has 0 aromatic carbocycles. The number of hydrogen-bond acceptors (Lipinski definition) is 4. The van der Waals surface area contributed by atoms with Crippen LogP contribution in [0.3, 0.4) is 0 Å². The van der Waals surface area contributed by atoms with Gasteiger partial charge in [0.2, 0.25) is 0 Å². The summed E-state index contributed by atoms with van der Waals surface area (Å²) in [5.41, 5.74) is 8.24. The zero-order valence-electron chi connectivity index (χ0n) is 11.5. The van der Waals surface area contributed by atoms with Crippen LogP contribution in [0.2, 0.25) is 0 Å². The second-order valence-electron chi connectivity index (χ2n) is 4.74. The molecule has 2 aromatic rings. The van der Waals surface area contributed by atoms with Gasteiger partial charge in [-0.25, -0.2) is 0 Å². The zero-order chi connectivity index (χ0) is 14.2. The molecule has 1 amide bonds. The number of nitrogen functional groups attached to an aromatic ring is 1. The molecule has 2 aromatic heterocycles. The van der Waals surface area contributed by atoms with Gasteiger partial charge in [-0.15, -0.1) is 0 Å². The molecule has 0 aliphatic rings. The number of nitrogens with one attached hydrogen (secondary N) is 2. The molecular weight excluding hydrogens is 244 g/mol. The smallest absolute Gasteiger partial charge is 0.273 e. The molecule has 0 radical (unpaired) electrons. The highest BCUT2D eigenvalue weighted by Crippen LogP contribution is 2.22. The molecule has 19 heavy (non-hydrogen) atoms. The minimum absolute atomic E-state index is 0.243. The van der Waals surface area contributed by atoms with Crippen LogP contribution in [0.1, 0.15) is 41.8 Å². The largest absolute Gasteiger partial charge is 0.382 e. The Labute approximate surface area is 111 Å². The lowest BCUT2D eigenvalue weighted by atomic mass is 10.3. The Kier molecular flexibility index (Phi) is 3.28. The summed E-state index contributed by atoms with van der Waals surface area (Å²) in [6.45, 7) is 7.88. The molecule has 0 fully saturated rings. The van der Waals surface area contributed by atoms with Gasteiger partial charge in [-0.05, 0) is 27.7 Å². The van der Waals surface area contributed by atoms with Crippen molar-refractivity contribution in [1.29, 1.82) is 0 Å². The number of aromatic amines is 1. The van der Waals surface area contributed by atoms with E-state index in [0.29, 0.717) is 5.69 Å². The standard InChI is InChI=1S/C12H18N6O/c1-6(2)18-8(4)11(7(3)17-18)14-12(19)9-5-10(13)16-15-9/h5-6H,1-4H3,(H,14,19)(H3,13,15,16). The summed E-state index contributed by atoms with van der Waals surface area (Å²) in [5.74, 6) is 0.00942. The number of anilines is 2. The van der Waals surface area contributed by atoms with Gasteiger partial charge in [0.15, 0.2) is 0 Å². The van der Waals surface area contributed by atoms with E-state index in [1.165, 1.54) is 6.07 Å². The van der Waals surface area contributed by atoms with Crippen LogP contribution >= 0.6 is 0 Å². The van der Waals surface area contributed by atoms with Crippen molar-refractivity contribution < 1.29 is 4.79 Å². The molecule has 0 aliphatic heterocycles. The molecule has 0 saturated heterocycles. The van der Waals surface area contributed by atoms with E-state index in [0.717, 1.165) is 17.1 Å². The summed E-state index contributed by atoms with van der Waals surface area (Å²) in [5, 5.41) is 13.6. The van der Waals surface area contributed by atoms with E-state index in [1.807, 2.05) is 32.4 Å². The van der Waals surface area contributed by atoms with Gasteiger partial charge in [0, 0.05) is 12.1 Å². The van der Waals surface area contributed by atoms with E-state index in [1.54, 1.807) is 0 Å². The van der Waals surface area contributed by atoms with E-state index >= 15 is 0 Å². The first-order valence-electron chi connectivity index (χ1n) is 6.08. The predicted octanol–water partition coefficient (Wildman–Crippen LogP) is 1.64. The molecule has 0 saturated carbocycles. The van der Waals surface area contributed by atoms with Crippen molar-refractivity contribution in [3.05, 3.63) is 23.1 Å². The lowest BCUT2D eigenvalue weighted by Gasteiger charge is -2.08. The Bertz CT molecular complexity index is 610. The molecule has 7 heteroatoms. The van der Waals surface area contributed by atoms with Crippen molar-refractivity contribution in [2.45, 2.75) is 33.7 Å². The molecule has 0 aliphatic carbocycles. The summed E-state index contributed by atoms with van der Waals surface area (Å²) >= 11 is 0. The van der Waals surface area contributed by atoms with Crippen LogP contribution in [0, 0.1) is 13.8 Å². The highest BCUT2D eigenvalue weighted by Gasteiger charge is 2.17. The van der Waals surface area contributed by atoms with Gasteiger partial charge in [-0.3, -0.25) is 14.6 Å². The Morgan fingerprint density at radius 2 is 2.16 bits per heavy atom. The molecule has 0 atom stereocenters. The van der Waals surface area contributed by atoms with Crippen molar-refractivity contribution in [3.63, 3.8) is 0 Å². The quantitative estimate of drug-likeness (QED) is 0.782. The molecule has 4 N–H and O–H groups in total. The predicted molar refractivity (Wildman–Crippen MR) is 73.0 cm³/mol. The normalized spacial score (nSPS) is 11.0. The van der Waals surface area contributed by atoms with Crippen LogP contribution in [0.5, 0.6) is 0 Å². The van der Waals surface area contributed by atoms with Crippen molar-refractivity contribution in [3.8, 4) is 0 Å². The highest BCUT2D eigenvalue weighted by atomic mass is 16.2. The maximum atomic E-state index is 12.0. The van der Waals surface area contributed by atoms with Crippen LogP contribution in [0.4, 0.5) is 11.5 Å². The van der Waals surface area contributed by atoms with E-state index in [2.05, 4.69) is 20.6 Å². The third-order valence-electron chi connectivity index (χ3n) is 2.89. The first-order chi connectivity index (χ1) is 8.90. The fourth-order valence-electron chi connectivity index (χ4n) is 1.98. The number of aromatic nitrogens is 4. The zero-order valence-corrected chi connectivity index (χ0v) is 11.5. The van der Waals surface area contributed by atoms with Crippen molar-refractivity contribution in [1.82, 2.24) is 20.0 Å². The molecule has 0 bridgehead atoms. The Hall–Kier alpha value is -2.31. The lowest BCUT2D eigenvalue weighted by Crippen LogP contribution is -2.14. The summed E-state index contributed by atoms with van der Waals surface area (Å²) in [4.78, 5) is 12.0. The van der Waals surface area contributed by atoms with Crippen LogP contribution in [-0.4, -0.2) is 25.9 Å². The Morgan fingerprint density at radius 3 is 2.63 bits per heavy atom. The summed E-state index contributed by atoms with van der Waals surface area (Å²) in [7, 11) is 0. The number of nitrogens with two attached hydrogens (primary N) is 1. The molecular formula is C12H18N6O. The Balaban J connectivity index is 2.26. The maximum Gasteiger partial charge on any atom is 0.273 e. The minimum atomic E-state index is -0.279. The molecule has 7 nitrogen and oxygen atoms in total. The molecule has 0 unspecified atom stereocenters. The third-order valence-corrected chi connectivity index (χ3v) is 2.89. The summed E-state index contributed by atoms with van der Waals surface area (Å²) in [6, 6.07) is 1.74. The van der Waals surface area contributed by atoms with Gasteiger partial charge in [-0.1, -0.05) is 0 Å². The van der Waals surface area contributed by atoms with Gasteiger partial charge in [0.05, 0.1) is 17.1 Å². The summed E-state index contributed by atoms with van der Waals surface area (Å²) in [6.07, 6.45) is 0. The second-order valence-corrected chi connectivity index (χ2v) is 4.74. The van der Waals surface area contributed by atoms with E-state index < -0.39 is 0 Å². The van der Waals surface area contributed by atoms with E-state index in [4.69, 9.17) is 5.73 Å². The van der Waals surface area contributed by atoms with E-state index in [9.17, 15) is 4.79 Å². The Morgan fingerprint density at radius 1 is 1.47 bits per heavy atom. The minimum Gasteiger partial charge on any atom is -0.382 e. The van der Waals surface area contributed by atoms with Gasteiger partial charge < -0.3 is 11.1 Å². The molecule has 2 rings (SSSR count). The first kappa shape index (κ1) is 13.1. The maximum absolute atomic E-state index is 12.0. The van der Waals surface area contributed by atoms with Crippen molar-refractivity contribution >= 4 is 17.4 Å². The lowest BCUT2D eigenvalue weighted by molar-refractivity contribution is 0.102. The van der Waals surface area contributed by atoms with Gasteiger partial charge >= 0.3 is 0 Å². The number of H-pyrrole nitrogens is 1. The van der Waals surface area contributed by atoms with Gasteiger partial charge in [0.1, 0.15) is 11.5 Å². The monoisotopic (exact) mass is 262 g/mol. The number of aryl methyl sites for hydroxylation is 1. The number of hydrogen-bond donors (Lipinski definition) is 3. The SMILES string of the molecule is Cc1nn(C(C)C)c(C)c1NC(=O)c1cc(N)n[nH]1. The highest BCUT2D eigenvalue weighted by molar-refractivity contribution is 6.03. The van der Waals surface area contributed by atoms with Crippen LogP contribution in [-0.2, 0) is 0 Å². The van der Waals surface area contributed by atoms with Crippen LogP contribution in [0.25, 0.3) is 0 Å². The third kappa shape index (κ3) is 2.44. The second kappa shape index (κ2) is 4.75. The van der Waals surface area contributed by atoms with Crippen LogP contribution in [0.15, 0.2) is 6.07 Å². The van der Waals surface area contributed by atoms with Crippen LogP contribution < -0.4 is 11.1 Å². The molecule has 2 heterocycles. The molecule has 0 spiro atoms. The topological polar surface area (TPSA) is 102 Å². The number of nitrogens with zero attached hydrogens (tertiary/aromatic N) is 3. The van der Waals surface area contributed by atoms with Gasteiger partial charge in [0.25, 0.3) is 5.91 Å².